The molecule has 0 unspecified atom stereocenters. The summed E-state index contributed by atoms with van der Waals surface area (Å²) in [7, 11) is 0. The van der Waals surface area contributed by atoms with Crippen LogP contribution in [-0.4, -0.2) is 10.9 Å². The molecule has 0 radical (unpaired) electrons. The molecule has 1 amide bonds. The second-order valence-electron chi connectivity index (χ2n) is 1.63. The lowest BCUT2D eigenvalue weighted by Gasteiger charge is -1.85. The standard InChI is InChI=1S/C4H6N4OS/c5-2-1(3(6)9)10-4(7)8-2/h5H2,(H2,6,9)(H2,7,8). The summed E-state index contributed by atoms with van der Waals surface area (Å²) in [6.07, 6.45) is 0. The lowest BCUT2D eigenvalue weighted by atomic mass is 10.5. The van der Waals surface area contributed by atoms with Gasteiger partial charge in [-0.25, -0.2) is 4.98 Å². The van der Waals surface area contributed by atoms with Gasteiger partial charge >= 0.3 is 0 Å². The molecule has 10 heavy (non-hydrogen) atoms. The van der Waals surface area contributed by atoms with E-state index in [9.17, 15) is 4.79 Å². The van der Waals surface area contributed by atoms with Crippen molar-refractivity contribution in [2.45, 2.75) is 0 Å². The smallest absolute Gasteiger partial charge is 0.262 e. The minimum atomic E-state index is -0.591. The third-order valence-corrected chi connectivity index (χ3v) is 1.81. The molecule has 0 aliphatic heterocycles. The summed E-state index contributed by atoms with van der Waals surface area (Å²) in [6.45, 7) is 0. The second-order valence-corrected chi connectivity index (χ2v) is 2.66. The van der Waals surface area contributed by atoms with Gasteiger partial charge in [-0.1, -0.05) is 11.3 Å². The van der Waals surface area contributed by atoms with Crippen molar-refractivity contribution in [2.24, 2.45) is 5.73 Å². The Morgan fingerprint density at radius 1 is 1.50 bits per heavy atom. The van der Waals surface area contributed by atoms with Crippen molar-refractivity contribution in [3.8, 4) is 0 Å². The van der Waals surface area contributed by atoms with Gasteiger partial charge in [-0.2, -0.15) is 0 Å². The third-order valence-electron chi connectivity index (χ3n) is 0.894. The van der Waals surface area contributed by atoms with E-state index in [0.717, 1.165) is 11.3 Å². The fraction of sp³-hybridized carbons (Fsp3) is 0. The van der Waals surface area contributed by atoms with Crippen LogP contribution in [0.1, 0.15) is 9.67 Å². The molecule has 0 atom stereocenters. The van der Waals surface area contributed by atoms with E-state index in [2.05, 4.69) is 4.98 Å². The molecule has 1 rings (SSSR count). The van der Waals surface area contributed by atoms with E-state index in [1.54, 1.807) is 0 Å². The van der Waals surface area contributed by atoms with Gasteiger partial charge in [-0.3, -0.25) is 4.79 Å². The molecule has 0 aromatic carbocycles. The number of hydrogen-bond donors (Lipinski definition) is 3. The van der Waals surface area contributed by atoms with E-state index in [1.165, 1.54) is 0 Å². The molecule has 0 aliphatic carbocycles. The Labute approximate surface area is 60.8 Å². The lowest BCUT2D eigenvalue weighted by molar-refractivity contribution is 0.100. The Balaban J connectivity index is 3.15. The largest absolute Gasteiger partial charge is 0.382 e. The van der Waals surface area contributed by atoms with E-state index in [0.29, 0.717) is 0 Å². The Hall–Kier alpha value is -1.30. The molecular formula is C4H6N4OS. The van der Waals surface area contributed by atoms with Crippen LogP contribution in [0.5, 0.6) is 0 Å². The molecule has 0 spiro atoms. The summed E-state index contributed by atoms with van der Waals surface area (Å²) in [5, 5.41) is 0.256. The lowest BCUT2D eigenvalue weighted by Crippen LogP contribution is -2.10. The molecule has 0 bridgehead atoms. The molecule has 6 N–H and O–H groups in total. The highest BCUT2D eigenvalue weighted by Crippen LogP contribution is 2.20. The van der Waals surface area contributed by atoms with Gasteiger partial charge in [-0.05, 0) is 0 Å². The van der Waals surface area contributed by atoms with Gasteiger partial charge in [-0.15, -0.1) is 0 Å². The van der Waals surface area contributed by atoms with Crippen LogP contribution in [-0.2, 0) is 0 Å². The molecule has 0 saturated carbocycles. The van der Waals surface area contributed by atoms with Crippen molar-refractivity contribution < 1.29 is 4.79 Å². The Morgan fingerprint density at radius 3 is 2.30 bits per heavy atom. The predicted molar refractivity (Wildman–Crippen MR) is 39.5 cm³/mol. The van der Waals surface area contributed by atoms with E-state index in [1.807, 2.05) is 0 Å². The number of nitrogens with two attached hydrogens (primary N) is 3. The summed E-state index contributed by atoms with van der Waals surface area (Å²) < 4.78 is 0. The molecule has 0 fully saturated rings. The van der Waals surface area contributed by atoms with Crippen molar-refractivity contribution in [1.82, 2.24) is 4.98 Å². The number of amides is 1. The van der Waals surface area contributed by atoms with Gasteiger partial charge in [0.05, 0.1) is 0 Å². The van der Waals surface area contributed by atoms with E-state index in [-0.39, 0.29) is 15.8 Å². The Kier molecular flexibility index (Phi) is 1.46. The molecule has 5 nitrogen and oxygen atoms in total. The minimum Gasteiger partial charge on any atom is -0.382 e. The number of rotatable bonds is 1. The second kappa shape index (κ2) is 2.14. The molecule has 1 aromatic rings. The van der Waals surface area contributed by atoms with Gasteiger partial charge in [0.25, 0.3) is 5.91 Å². The van der Waals surface area contributed by atoms with Crippen LogP contribution in [0.25, 0.3) is 0 Å². The summed E-state index contributed by atoms with van der Waals surface area (Å²) in [4.78, 5) is 14.3. The summed E-state index contributed by atoms with van der Waals surface area (Å²) in [5.74, 6) is -0.485. The van der Waals surface area contributed by atoms with Crippen molar-refractivity contribution in [3.05, 3.63) is 4.88 Å². The number of aromatic nitrogens is 1. The van der Waals surface area contributed by atoms with Crippen LogP contribution >= 0.6 is 11.3 Å². The first-order chi connectivity index (χ1) is 4.61. The van der Waals surface area contributed by atoms with E-state index >= 15 is 0 Å². The van der Waals surface area contributed by atoms with E-state index in [4.69, 9.17) is 17.2 Å². The highest BCUT2D eigenvalue weighted by molar-refractivity contribution is 7.17. The first-order valence-corrected chi connectivity index (χ1v) is 3.24. The van der Waals surface area contributed by atoms with Gasteiger partial charge in [0.15, 0.2) is 5.13 Å². The highest BCUT2D eigenvalue weighted by atomic mass is 32.1. The zero-order chi connectivity index (χ0) is 7.72. The van der Waals surface area contributed by atoms with Gasteiger partial charge < -0.3 is 17.2 Å². The van der Waals surface area contributed by atoms with Gasteiger partial charge in [0.2, 0.25) is 0 Å². The average molecular weight is 158 g/mol. The normalized spacial score (nSPS) is 9.60. The zero-order valence-corrected chi connectivity index (χ0v) is 5.81. The van der Waals surface area contributed by atoms with E-state index < -0.39 is 5.91 Å². The zero-order valence-electron chi connectivity index (χ0n) is 5.00. The SMILES string of the molecule is NC(=O)c1sc(N)nc1N. The number of thiazole rings is 1. The maximum Gasteiger partial charge on any atom is 0.262 e. The topological polar surface area (TPSA) is 108 Å². The number of primary amides is 1. The fourth-order valence-corrected chi connectivity index (χ4v) is 1.13. The maximum absolute atomic E-state index is 10.5. The molecular weight excluding hydrogens is 152 g/mol. The third kappa shape index (κ3) is 1.01. The van der Waals surface area contributed by atoms with Crippen molar-refractivity contribution in [3.63, 3.8) is 0 Å². The first kappa shape index (κ1) is 6.81. The van der Waals surface area contributed by atoms with Crippen LogP contribution in [0.3, 0.4) is 0 Å². The number of anilines is 2. The number of nitrogens with zero attached hydrogens (tertiary/aromatic N) is 1. The number of hydrogen-bond acceptors (Lipinski definition) is 5. The van der Waals surface area contributed by atoms with Crippen LogP contribution in [0.2, 0.25) is 0 Å². The van der Waals surface area contributed by atoms with Gasteiger partial charge in [0.1, 0.15) is 10.7 Å². The van der Waals surface area contributed by atoms with Crippen molar-refractivity contribution >= 4 is 28.2 Å². The summed E-state index contributed by atoms with van der Waals surface area (Å²) >= 11 is 0.990. The monoisotopic (exact) mass is 158 g/mol. The Morgan fingerprint density at radius 2 is 2.10 bits per heavy atom. The molecule has 1 heterocycles. The number of nitrogen functional groups attached to an aromatic ring is 2. The van der Waals surface area contributed by atoms with Crippen LogP contribution in [0.4, 0.5) is 10.9 Å². The van der Waals surface area contributed by atoms with Crippen LogP contribution < -0.4 is 17.2 Å². The predicted octanol–water partition coefficient (Wildman–Crippen LogP) is -0.594. The van der Waals surface area contributed by atoms with Crippen LogP contribution in [0, 0.1) is 0 Å². The Bertz CT molecular complexity index is 268. The summed E-state index contributed by atoms with van der Waals surface area (Å²) in [5.41, 5.74) is 15.4. The molecule has 54 valence electrons. The van der Waals surface area contributed by atoms with Gasteiger partial charge in [0, 0.05) is 0 Å². The molecule has 1 aromatic heterocycles. The number of carbonyl (C=O) groups excluding carboxylic acids is 1. The maximum atomic E-state index is 10.5. The summed E-state index contributed by atoms with van der Waals surface area (Å²) in [6, 6.07) is 0. The first-order valence-electron chi connectivity index (χ1n) is 2.43. The van der Waals surface area contributed by atoms with Crippen molar-refractivity contribution in [1.29, 1.82) is 0 Å². The fourth-order valence-electron chi connectivity index (χ4n) is 0.526. The minimum absolute atomic E-state index is 0.106. The molecule has 0 aliphatic rings. The average Bonchev–Trinajstić information content (AvgIpc) is 2.10. The van der Waals surface area contributed by atoms with Crippen molar-refractivity contribution in [2.75, 3.05) is 11.5 Å². The number of carbonyl (C=O) groups is 1. The quantitative estimate of drug-likeness (QED) is 0.507. The molecule has 0 saturated heterocycles. The molecule has 6 heteroatoms. The van der Waals surface area contributed by atoms with Crippen LogP contribution in [0.15, 0.2) is 0 Å². The highest BCUT2D eigenvalue weighted by Gasteiger charge is 2.10.